The van der Waals surface area contributed by atoms with Gasteiger partial charge in [-0.1, -0.05) is 12.1 Å². The average molecular weight is 410 g/mol. The monoisotopic (exact) mass is 409 g/mol. The van der Waals surface area contributed by atoms with E-state index < -0.39 is 10.0 Å². The molecule has 0 unspecified atom stereocenters. The molecule has 1 amide bonds. The number of sulfonamides is 1. The van der Waals surface area contributed by atoms with Crippen molar-refractivity contribution in [2.75, 3.05) is 45.8 Å². The highest BCUT2D eigenvalue weighted by atomic mass is 32.2. The molecule has 156 valence electrons. The maximum atomic E-state index is 13.0. The number of benzene rings is 1. The Kier molecular flexibility index (Phi) is 6.44. The van der Waals surface area contributed by atoms with E-state index >= 15 is 0 Å². The number of hydrogen-bond acceptors (Lipinski definition) is 5. The van der Waals surface area contributed by atoms with Crippen molar-refractivity contribution in [3.05, 3.63) is 29.3 Å². The normalized spacial score (nSPS) is 25.1. The molecule has 0 spiro atoms. The highest BCUT2D eigenvalue weighted by molar-refractivity contribution is 7.89. The summed E-state index contributed by atoms with van der Waals surface area (Å²) in [4.78, 5) is 16.9. The van der Waals surface area contributed by atoms with Crippen molar-refractivity contribution in [2.45, 2.75) is 44.8 Å². The van der Waals surface area contributed by atoms with Crippen LogP contribution in [0.25, 0.3) is 0 Å². The molecule has 0 aliphatic carbocycles. The maximum absolute atomic E-state index is 13.0. The highest BCUT2D eigenvalue weighted by Crippen LogP contribution is 2.22. The molecule has 0 bridgehead atoms. The molecular weight excluding hydrogens is 378 g/mol. The summed E-state index contributed by atoms with van der Waals surface area (Å²) in [5, 5.41) is 0. The van der Waals surface area contributed by atoms with Gasteiger partial charge >= 0.3 is 0 Å². The first kappa shape index (κ1) is 21.2. The highest BCUT2D eigenvalue weighted by Gasteiger charge is 2.32. The van der Waals surface area contributed by atoms with E-state index in [2.05, 4.69) is 0 Å². The van der Waals surface area contributed by atoms with Crippen LogP contribution in [0.5, 0.6) is 0 Å². The van der Waals surface area contributed by atoms with Crippen LogP contribution in [0.4, 0.5) is 0 Å². The summed E-state index contributed by atoms with van der Waals surface area (Å²) in [5.74, 6) is 0.0906. The SMILES string of the molecule is Cc1ccc(C)c(S(=O)(=O)N2CCN(CC(=O)N3C[C@@H](C)O[C@H](C)C3)CC2)c1. The number of amides is 1. The summed E-state index contributed by atoms with van der Waals surface area (Å²) in [6.07, 6.45) is 0.0968. The van der Waals surface area contributed by atoms with Crippen molar-refractivity contribution in [3.8, 4) is 0 Å². The van der Waals surface area contributed by atoms with Gasteiger partial charge < -0.3 is 9.64 Å². The van der Waals surface area contributed by atoms with Gasteiger partial charge in [0.25, 0.3) is 0 Å². The molecule has 28 heavy (non-hydrogen) atoms. The molecule has 0 aromatic heterocycles. The number of carbonyl (C=O) groups excluding carboxylic acids is 1. The molecular formula is C20H31N3O4S. The second kappa shape index (κ2) is 8.49. The lowest BCUT2D eigenvalue weighted by Crippen LogP contribution is -2.54. The van der Waals surface area contributed by atoms with Crippen LogP contribution in [-0.2, 0) is 19.6 Å². The lowest BCUT2D eigenvalue weighted by atomic mass is 10.2. The van der Waals surface area contributed by atoms with Gasteiger partial charge in [-0.25, -0.2) is 8.42 Å². The molecule has 0 radical (unpaired) electrons. The van der Waals surface area contributed by atoms with Crippen LogP contribution < -0.4 is 0 Å². The van der Waals surface area contributed by atoms with Gasteiger partial charge in [0.2, 0.25) is 15.9 Å². The van der Waals surface area contributed by atoms with Crippen LogP contribution in [0.3, 0.4) is 0 Å². The van der Waals surface area contributed by atoms with Gasteiger partial charge in [0.05, 0.1) is 23.6 Å². The molecule has 1 aromatic rings. The number of nitrogens with zero attached hydrogens (tertiary/aromatic N) is 3. The van der Waals surface area contributed by atoms with Gasteiger partial charge in [-0.05, 0) is 44.9 Å². The molecule has 3 rings (SSSR count). The van der Waals surface area contributed by atoms with Gasteiger partial charge in [-0.2, -0.15) is 4.31 Å². The third-order valence-electron chi connectivity index (χ3n) is 5.42. The predicted octanol–water partition coefficient (Wildman–Crippen LogP) is 1.25. The summed E-state index contributed by atoms with van der Waals surface area (Å²) in [6, 6.07) is 5.51. The second-order valence-electron chi connectivity index (χ2n) is 8.01. The summed E-state index contributed by atoms with van der Waals surface area (Å²) in [5.41, 5.74) is 1.70. The number of hydrogen-bond donors (Lipinski definition) is 0. The zero-order chi connectivity index (χ0) is 20.5. The van der Waals surface area contributed by atoms with Crippen molar-refractivity contribution in [1.82, 2.24) is 14.1 Å². The Morgan fingerprint density at radius 2 is 1.68 bits per heavy atom. The molecule has 1 aromatic carbocycles. The van der Waals surface area contributed by atoms with Crippen LogP contribution in [0, 0.1) is 13.8 Å². The Morgan fingerprint density at radius 1 is 1.07 bits per heavy atom. The Morgan fingerprint density at radius 3 is 2.29 bits per heavy atom. The summed E-state index contributed by atoms with van der Waals surface area (Å²) in [7, 11) is -3.51. The second-order valence-corrected chi connectivity index (χ2v) is 9.91. The van der Waals surface area contributed by atoms with Crippen molar-refractivity contribution in [1.29, 1.82) is 0 Å². The van der Waals surface area contributed by atoms with Crippen molar-refractivity contribution >= 4 is 15.9 Å². The summed E-state index contributed by atoms with van der Waals surface area (Å²) < 4.78 is 33.3. The molecule has 2 heterocycles. The number of morpholine rings is 1. The minimum atomic E-state index is -3.51. The van der Waals surface area contributed by atoms with Crippen LogP contribution in [-0.4, -0.2) is 86.5 Å². The minimum Gasteiger partial charge on any atom is -0.372 e. The molecule has 7 nitrogen and oxygen atoms in total. The van der Waals surface area contributed by atoms with E-state index in [4.69, 9.17) is 4.74 Å². The zero-order valence-electron chi connectivity index (χ0n) is 17.2. The number of ether oxygens (including phenoxy) is 1. The quantitative estimate of drug-likeness (QED) is 0.749. The zero-order valence-corrected chi connectivity index (χ0v) is 18.0. The number of aryl methyl sites for hydroxylation is 2. The first-order valence-corrected chi connectivity index (χ1v) is 11.3. The summed E-state index contributed by atoms with van der Waals surface area (Å²) >= 11 is 0. The molecule has 8 heteroatoms. The smallest absolute Gasteiger partial charge is 0.243 e. The van der Waals surface area contributed by atoms with E-state index in [9.17, 15) is 13.2 Å². The Hall–Kier alpha value is -1.48. The molecule has 2 saturated heterocycles. The maximum Gasteiger partial charge on any atom is 0.243 e. The van der Waals surface area contributed by atoms with Gasteiger partial charge in [0, 0.05) is 39.3 Å². The number of rotatable bonds is 4. The van der Waals surface area contributed by atoms with Crippen molar-refractivity contribution in [3.63, 3.8) is 0 Å². The van der Waals surface area contributed by atoms with E-state index in [0.29, 0.717) is 50.7 Å². The van der Waals surface area contributed by atoms with Gasteiger partial charge in [0.1, 0.15) is 0 Å². The third-order valence-corrected chi connectivity index (χ3v) is 7.46. The molecule has 2 aliphatic rings. The van der Waals surface area contributed by atoms with Crippen molar-refractivity contribution in [2.24, 2.45) is 0 Å². The molecule has 2 fully saturated rings. The Labute approximate surface area is 168 Å². The molecule has 2 atom stereocenters. The standard InChI is InChI=1S/C20H31N3O4S/c1-15-5-6-16(2)19(11-15)28(25,26)23-9-7-21(8-10-23)14-20(24)22-12-17(3)27-18(4)13-22/h5-6,11,17-18H,7-10,12-14H2,1-4H3/t17-,18-/m1/s1. The Balaban J connectivity index is 1.58. The van der Waals surface area contributed by atoms with Gasteiger partial charge in [-0.3, -0.25) is 9.69 Å². The van der Waals surface area contributed by atoms with E-state index in [-0.39, 0.29) is 18.1 Å². The fraction of sp³-hybridized carbons (Fsp3) is 0.650. The Bertz CT molecular complexity index is 809. The van der Waals surface area contributed by atoms with Crippen molar-refractivity contribution < 1.29 is 17.9 Å². The van der Waals surface area contributed by atoms with E-state index in [0.717, 1.165) is 11.1 Å². The lowest BCUT2D eigenvalue weighted by Gasteiger charge is -2.38. The van der Waals surface area contributed by atoms with Crippen LogP contribution in [0.2, 0.25) is 0 Å². The van der Waals surface area contributed by atoms with Gasteiger partial charge in [0.15, 0.2) is 0 Å². The molecule has 0 N–H and O–H groups in total. The van der Waals surface area contributed by atoms with Gasteiger partial charge in [-0.15, -0.1) is 0 Å². The molecule has 2 aliphatic heterocycles. The fourth-order valence-electron chi connectivity index (χ4n) is 3.93. The number of carbonyl (C=O) groups is 1. The first-order chi connectivity index (χ1) is 13.2. The average Bonchev–Trinajstić information content (AvgIpc) is 2.63. The van der Waals surface area contributed by atoms with E-state index in [1.54, 1.807) is 6.07 Å². The fourth-order valence-corrected chi connectivity index (χ4v) is 5.66. The van der Waals surface area contributed by atoms with Crippen LogP contribution in [0.1, 0.15) is 25.0 Å². The van der Waals surface area contributed by atoms with Crippen LogP contribution in [0.15, 0.2) is 23.1 Å². The topological polar surface area (TPSA) is 70.2 Å². The predicted molar refractivity (Wildman–Crippen MR) is 108 cm³/mol. The lowest BCUT2D eigenvalue weighted by molar-refractivity contribution is -0.144. The minimum absolute atomic E-state index is 0.0484. The van der Waals surface area contributed by atoms with E-state index in [1.807, 2.05) is 49.6 Å². The van der Waals surface area contributed by atoms with Crippen LogP contribution >= 0.6 is 0 Å². The third kappa shape index (κ3) is 4.74. The summed E-state index contributed by atoms with van der Waals surface area (Å²) in [6.45, 7) is 11.2. The van der Waals surface area contributed by atoms with E-state index in [1.165, 1.54) is 4.31 Å². The molecule has 0 saturated carbocycles. The first-order valence-electron chi connectivity index (χ1n) is 9.90. The number of piperazine rings is 1. The largest absolute Gasteiger partial charge is 0.372 e.